The molecular weight excluding hydrogens is 356 g/mol. The maximum absolute atomic E-state index is 13.3. The summed E-state index contributed by atoms with van der Waals surface area (Å²) in [4.78, 5) is 30.4. The largest absolute Gasteiger partial charge is 0.497 e. The zero-order chi connectivity index (χ0) is 19.4. The highest BCUT2D eigenvalue weighted by Crippen LogP contribution is 2.37. The standard InChI is InChI=1S/C21H18N4O3/c1-24-20(27)18-14(12-6-5-7-13(10-12)28-2)11-17(26)23-19(18)25-16-9-4-3-8-15(16)22-21(24)25/h3-10,14H,11H2,1-2H3,(H,23,26)/t14-/m1/s1. The maximum Gasteiger partial charge on any atom is 0.260 e. The Balaban J connectivity index is 1.88. The number of rotatable bonds is 2. The Morgan fingerprint density at radius 2 is 1.96 bits per heavy atom. The van der Waals surface area contributed by atoms with Crippen molar-refractivity contribution in [3.63, 3.8) is 0 Å². The van der Waals surface area contributed by atoms with E-state index in [1.165, 1.54) is 0 Å². The lowest BCUT2D eigenvalue weighted by molar-refractivity contribution is -0.116. The van der Waals surface area contributed by atoms with Crippen LogP contribution in [0.2, 0.25) is 0 Å². The molecular formula is C21H18N4O3. The molecule has 7 nitrogen and oxygen atoms in total. The third kappa shape index (κ3) is 2.26. The molecule has 0 spiro atoms. The van der Waals surface area contributed by atoms with Gasteiger partial charge in [0.2, 0.25) is 11.7 Å². The van der Waals surface area contributed by atoms with Gasteiger partial charge in [0, 0.05) is 19.4 Å². The van der Waals surface area contributed by atoms with Crippen LogP contribution in [0.1, 0.15) is 23.5 Å². The number of carbonyl (C=O) groups excluding carboxylic acids is 1. The number of benzene rings is 2. The van der Waals surface area contributed by atoms with Gasteiger partial charge in [0.1, 0.15) is 11.6 Å². The number of hydrogen-bond donors (Lipinski definition) is 1. The fourth-order valence-corrected chi connectivity index (χ4v) is 4.00. The van der Waals surface area contributed by atoms with Gasteiger partial charge in [-0.3, -0.25) is 18.6 Å². The molecule has 0 saturated carbocycles. The number of aryl methyl sites for hydroxylation is 1. The molecule has 1 amide bonds. The Morgan fingerprint density at radius 3 is 2.79 bits per heavy atom. The highest BCUT2D eigenvalue weighted by molar-refractivity contribution is 5.96. The Morgan fingerprint density at radius 1 is 1.14 bits per heavy atom. The van der Waals surface area contributed by atoms with Crippen LogP contribution in [0.4, 0.5) is 5.82 Å². The smallest absolute Gasteiger partial charge is 0.260 e. The molecule has 3 heterocycles. The summed E-state index contributed by atoms with van der Waals surface area (Å²) in [6, 6.07) is 15.2. The van der Waals surface area contributed by atoms with Crippen LogP contribution in [0.5, 0.6) is 5.75 Å². The molecule has 5 rings (SSSR count). The van der Waals surface area contributed by atoms with E-state index in [1.54, 1.807) is 18.7 Å². The molecule has 7 heteroatoms. The van der Waals surface area contributed by atoms with Crippen LogP contribution in [-0.2, 0) is 11.8 Å². The summed E-state index contributed by atoms with van der Waals surface area (Å²) >= 11 is 0. The summed E-state index contributed by atoms with van der Waals surface area (Å²) in [5.41, 5.74) is 2.88. The first-order chi connectivity index (χ1) is 13.6. The summed E-state index contributed by atoms with van der Waals surface area (Å²) in [6.07, 6.45) is 0.202. The zero-order valence-corrected chi connectivity index (χ0v) is 15.5. The Hall–Kier alpha value is -3.61. The van der Waals surface area contributed by atoms with E-state index in [-0.39, 0.29) is 23.8 Å². The summed E-state index contributed by atoms with van der Waals surface area (Å²) in [6.45, 7) is 0. The van der Waals surface area contributed by atoms with Gasteiger partial charge in [-0.2, -0.15) is 0 Å². The topological polar surface area (TPSA) is 77.6 Å². The van der Waals surface area contributed by atoms with E-state index in [0.717, 1.165) is 16.6 Å². The van der Waals surface area contributed by atoms with E-state index in [9.17, 15) is 9.59 Å². The minimum atomic E-state index is -0.358. The number of amides is 1. The van der Waals surface area contributed by atoms with E-state index < -0.39 is 0 Å². The van der Waals surface area contributed by atoms with Crippen molar-refractivity contribution in [2.75, 3.05) is 12.4 Å². The van der Waals surface area contributed by atoms with Gasteiger partial charge < -0.3 is 10.1 Å². The second kappa shape index (κ2) is 5.95. The van der Waals surface area contributed by atoms with Crippen molar-refractivity contribution >= 4 is 28.5 Å². The highest BCUT2D eigenvalue weighted by Gasteiger charge is 2.33. The summed E-state index contributed by atoms with van der Waals surface area (Å²) in [7, 11) is 3.31. The van der Waals surface area contributed by atoms with Crippen molar-refractivity contribution in [2.24, 2.45) is 7.05 Å². The van der Waals surface area contributed by atoms with Crippen molar-refractivity contribution in [3.05, 3.63) is 70.0 Å². The Labute approximate surface area is 160 Å². The number of ether oxygens (including phenoxy) is 1. The molecule has 140 valence electrons. The number of carbonyl (C=O) groups is 1. The number of para-hydroxylation sites is 2. The fourth-order valence-electron chi connectivity index (χ4n) is 4.00. The van der Waals surface area contributed by atoms with Crippen LogP contribution >= 0.6 is 0 Å². The van der Waals surface area contributed by atoms with Crippen molar-refractivity contribution < 1.29 is 9.53 Å². The van der Waals surface area contributed by atoms with E-state index in [1.807, 2.05) is 52.9 Å². The number of aromatic nitrogens is 3. The number of fused-ring (bicyclic) bond motifs is 5. The Kier molecular flexibility index (Phi) is 3.52. The predicted molar refractivity (Wildman–Crippen MR) is 106 cm³/mol. The van der Waals surface area contributed by atoms with E-state index >= 15 is 0 Å². The minimum absolute atomic E-state index is 0.132. The second-order valence-corrected chi connectivity index (χ2v) is 6.94. The number of nitrogens with zero attached hydrogens (tertiary/aromatic N) is 3. The SMILES string of the molecule is COc1cccc([C@H]2CC(=O)Nc3c2c(=O)n(C)c2nc4ccccc4n32)c1. The van der Waals surface area contributed by atoms with Crippen LogP contribution < -0.4 is 15.6 Å². The summed E-state index contributed by atoms with van der Waals surface area (Å²) in [5, 5.41) is 2.92. The van der Waals surface area contributed by atoms with Crippen LogP contribution in [0.25, 0.3) is 16.8 Å². The average molecular weight is 374 g/mol. The molecule has 0 fully saturated rings. The van der Waals surface area contributed by atoms with E-state index in [2.05, 4.69) is 10.3 Å². The van der Waals surface area contributed by atoms with Gasteiger partial charge in [-0.15, -0.1) is 0 Å². The number of anilines is 1. The second-order valence-electron chi connectivity index (χ2n) is 6.94. The lowest BCUT2D eigenvalue weighted by atomic mass is 9.86. The maximum atomic E-state index is 13.3. The molecule has 0 bridgehead atoms. The minimum Gasteiger partial charge on any atom is -0.497 e. The number of hydrogen-bond acceptors (Lipinski definition) is 4. The molecule has 1 aliphatic rings. The molecule has 1 aliphatic heterocycles. The van der Waals surface area contributed by atoms with Gasteiger partial charge in [0.25, 0.3) is 5.56 Å². The first-order valence-corrected chi connectivity index (χ1v) is 9.02. The summed E-state index contributed by atoms with van der Waals surface area (Å²) in [5.74, 6) is 1.19. The highest BCUT2D eigenvalue weighted by atomic mass is 16.5. The van der Waals surface area contributed by atoms with Crippen LogP contribution in [-0.4, -0.2) is 27.0 Å². The van der Waals surface area contributed by atoms with Crippen molar-refractivity contribution in [1.29, 1.82) is 0 Å². The van der Waals surface area contributed by atoms with E-state index in [0.29, 0.717) is 22.9 Å². The van der Waals surface area contributed by atoms with Crippen molar-refractivity contribution in [1.82, 2.24) is 14.0 Å². The van der Waals surface area contributed by atoms with Gasteiger partial charge >= 0.3 is 0 Å². The van der Waals surface area contributed by atoms with E-state index in [4.69, 9.17) is 4.74 Å². The molecule has 0 saturated heterocycles. The molecule has 2 aromatic heterocycles. The van der Waals surface area contributed by atoms with Gasteiger partial charge in [0.05, 0.1) is 23.7 Å². The van der Waals surface area contributed by atoms with Crippen LogP contribution in [0.3, 0.4) is 0 Å². The third-order valence-electron chi connectivity index (χ3n) is 5.35. The predicted octanol–water partition coefficient (Wildman–Crippen LogP) is 2.67. The molecule has 0 aliphatic carbocycles. The number of imidazole rings is 1. The lowest BCUT2D eigenvalue weighted by Gasteiger charge is -2.27. The average Bonchev–Trinajstić information content (AvgIpc) is 3.11. The normalized spacial score (nSPS) is 16.2. The van der Waals surface area contributed by atoms with Crippen molar-refractivity contribution in [3.8, 4) is 5.75 Å². The van der Waals surface area contributed by atoms with Gasteiger partial charge in [0.15, 0.2) is 0 Å². The number of methoxy groups -OCH3 is 1. The molecule has 28 heavy (non-hydrogen) atoms. The fraction of sp³-hybridized carbons (Fsp3) is 0.190. The molecule has 1 atom stereocenters. The van der Waals surface area contributed by atoms with Crippen LogP contribution in [0.15, 0.2) is 53.3 Å². The molecule has 2 aromatic carbocycles. The molecule has 0 unspecified atom stereocenters. The first kappa shape index (κ1) is 16.6. The molecule has 0 radical (unpaired) electrons. The monoisotopic (exact) mass is 374 g/mol. The summed E-state index contributed by atoms with van der Waals surface area (Å²) < 4.78 is 8.73. The Bertz CT molecular complexity index is 1320. The van der Waals surface area contributed by atoms with Crippen molar-refractivity contribution in [2.45, 2.75) is 12.3 Å². The van der Waals surface area contributed by atoms with Gasteiger partial charge in [-0.1, -0.05) is 24.3 Å². The molecule has 4 aromatic rings. The first-order valence-electron chi connectivity index (χ1n) is 9.02. The quantitative estimate of drug-likeness (QED) is 0.585. The van der Waals surface area contributed by atoms with Crippen LogP contribution in [0, 0.1) is 0 Å². The van der Waals surface area contributed by atoms with Gasteiger partial charge in [-0.05, 0) is 29.8 Å². The zero-order valence-electron chi connectivity index (χ0n) is 15.5. The third-order valence-corrected chi connectivity index (χ3v) is 5.35. The molecule has 1 N–H and O–H groups in total. The van der Waals surface area contributed by atoms with Gasteiger partial charge in [-0.25, -0.2) is 4.98 Å². The lowest BCUT2D eigenvalue weighted by Crippen LogP contribution is -2.35. The number of nitrogens with one attached hydrogen (secondary N) is 1.